The maximum atomic E-state index is 10.5. The molecule has 0 bridgehead atoms. The summed E-state index contributed by atoms with van der Waals surface area (Å²) in [6.45, 7) is 1.41. The summed E-state index contributed by atoms with van der Waals surface area (Å²) in [4.78, 5) is 9.86. The van der Waals surface area contributed by atoms with Gasteiger partial charge in [-0.25, -0.2) is 0 Å². The SMILES string of the molecule is Cc1c(O)cc([N+](=O)[O-])cc1OCCO. The minimum Gasteiger partial charge on any atom is -0.507 e. The van der Waals surface area contributed by atoms with Crippen LogP contribution in [0.25, 0.3) is 0 Å². The van der Waals surface area contributed by atoms with Crippen molar-refractivity contribution in [2.24, 2.45) is 0 Å². The Kier molecular flexibility index (Phi) is 3.46. The number of benzene rings is 1. The highest BCUT2D eigenvalue weighted by atomic mass is 16.6. The maximum Gasteiger partial charge on any atom is 0.276 e. The van der Waals surface area contributed by atoms with Crippen molar-refractivity contribution in [2.75, 3.05) is 13.2 Å². The number of ether oxygens (including phenoxy) is 1. The number of hydrogen-bond donors (Lipinski definition) is 2. The van der Waals surface area contributed by atoms with Gasteiger partial charge < -0.3 is 14.9 Å². The smallest absolute Gasteiger partial charge is 0.276 e. The number of phenols is 1. The van der Waals surface area contributed by atoms with Gasteiger partial charge in [-0.3, -0.25) is 10.1 Å². The quantitative estimate of drug-likeness (QED) is 0.574. The standard InChI is InChI=1S/C9H11NO5/c1-6-8(12)4-7(10(13)14)5-9(6)15-3-2-11/h4-5,11-12H,2-3H2,1H3. The van der Waals surface area contributed by atoms with Crippen LogP contribution in [0.4, 0.5) is 5.69 Å². The fourth-order valence-corrected chi connectivity index (χ4v) is 1.07. The fourth-order valence-electron chi connectivity index (χ4n) is 1.07. The zero-order valence-electron chi connectivity index (χ0n) is 8.14. The van der Waals surface area contributed by atoms with Crippen LogP contribution >= 0.6 is 0 Å². The highest BCUT2D eigenvalue weighted by Crippen LogP contribution is 2.32. The Labute approximate surface area is 85.9 Å². The van der Waals surface area contributed by atoms with Gasteiger partial charge in [0.15, 0.2) is 0 Å². The number of hydrogen-bond acceptors (Lipinski definition) is 5. The first-order chi connectivity index (χ1) is 7.06. The molecule has 2 N–H and O–H groups in total. The molecule has 0 heterocycles. The number of aliphatic hydroxyl groups excluding tert-OH is 1. The number of phenolic OH excluding ortho intramolecular Hbond substituents is 1. The third kappa shape index (κ3) is 2.57. The highest BCUT2D eigenvalue weighted by Gasteiger charge is 2.14. The van der Waals surface area contributed by atoms with Gasteiger partial charge in [-0.1, -0.05) is 0 Å². The van der Waals surface area contributed by atoms with E-state index >= 15 is 0 Å². The molecular weight excluding hydrogens is 202 g/mol. The Balaban J connectivity index is 3.07. The van der Waals surface area contributed by atoms with E-state index in [1.165, 1.54) is 6.07 Å². The zero-order valence-corrected chi connectivity index (χ0v) is 8.14. The van der Waals surface area contributed by atoms with Crippen molar-refractivity contribution >= 4 is 5.69 Å². The predicted molar refractivity (Wildman–Crippen MR) is 52.1 cm³/mol. The van der Waals surface area contributed by atoms with E-state index in [0.717, 1.165) is 6.07 Å². The first kappa shape index (κ1) is 11.3. The molecule has 0 amide bonds. The number of non-ortho nitro benzene ring substituents is 1. The normalized spacial score (nSPS) is 10.0. The second-order valence-corrected chi connectivity index (χ2v) is 2.92. The van der Waals surface area contributed by atoms with E-state index < -0.39 is 4.92 Å². The molecule has 0 fully saturated rings. The predicted octanol–water partition coefficient (Wildman–Crippen LogP) is 0.980. The first-order valence-electron chi connectivity index (χ1n) is 4.28. The molecule has 0 saturated heterocycles. The number of nitrogens with zero attached hydrogens (tertiary/aromatic N) is 1. The maximum absolute atomic E-state index is 10.5. The zero-order chi connectivity index (χ0) is 11.4. The van der Waals surface area contributed by atoms with Gasteiger partial charge in [0.1, 0.15) is 18.1 Å². The van der Waals surface area contributed by atoms with Crippen LogP contribution in [0.15, 0.2) is 12.1 Å². The lowest BCUT2D eigenvalue weighted by atomic mass is 10.2. The molecule has 82 valence electrons. The molecule has 0 aliphatic carbocycles. The monoisotopic (exact) mass is 213 g/mol. The largest absolute Gasteiger partial charge is 0.507 e. The lowest BCUT2D eigenvalue weighted by Gasteiger charge is -2.08. The van der Waals surface area contributed by atoms with Crippen molar-refractivity contribution in [1.82, 2.24) is 0 Å². The van der Waals surface area contributed by atoms with Crippen molar-refractivity contribution in [3.8, 4) is 11.5 Å². The number of rotatable bonds is 4. The van der Waals surface area contributed by atoms with Gasteiger partial charge in [0.25, 0.3) is 5.69 Å². The summed E-state index contributed by atoms with van der Waals surface area (Å²) < 4.78 is 5.04. The molecule has 15 heavy (non-hydrogen) atoms. The van der Waals surface area contributed by atoms with Crippen LogP contribution in [0.5, 0.6) is 11.5 Å². The van der Waals surface area contributed by atoms with Gasteiger partial charge in [0, 0.05) is 5.56 Å². The molecular formula is C9H11NO5. The van der Waals surface area contributed by atoms with Gasteiger partial charge in [-0.2, -0.15) is 0 Å². The second-order valence-electron chi connectivity index (χ2n) is 2.92. The summed E-state index contributed by atoms with van der Waals surface area (Å²) in [6.07, 6.45) is 0. The Bertz CT molecular complexity index is 377. The van der Waals surface area contributed by atoms with E-state index in [1.54, 1.807) is 6.92 Å². The van der Waals surface area contributed by atoms with Crippen LogP contribution in [0, 0.1) is 17.0 Å². The summed E-state index contributed by atoms with van der Waals surface area (Å²) in [7, 11) is 0. The topological polar surface area (TPSA) is 92.8 Å². The summed E-state index contributed by atoms with van der Waals surface area (Å²) >= 11 is 0. The summed E-state index contributed by atoms with van der Waals surface area (Å²) in [5, 5.41) is 28.4. The number of nitro groups is 1. The molecule has 6 heteroatoms. The van der Waals surface area contributed by atoms with E-state index in [2.05, 4.69) is 0 Å². The summed E-state index contributed by atoms with van der Waals surface area (Å²) in [5.41, 5.74) is 0.167. The average Bonchev–Trinajstić information content (AvgIpc) is 2.19. The minimum absolute atomic E-state index is 0.0292. The van der Waals surface area contributed by atoms with Crippen LogP contribution in [0.3, 0.4) is 0 Å². The average molecular weight is 213 g/mol. The van der Waals surface area contributed by atoms with Crippen molar-refractivity contribution in [1.29, 1.82) is 0 Å². The number of aromatic hydroxyl groups is 1. The van der Waals surface area contributed by atoms with E-state index in [-0.39, 0.29) is 30.4 Å². The molecule has 0 aliphatic heterocycles. The van der Waals surface area contributed by atoms with E-state index in [4.69, 9.17) is 9.84 Å². The molecule has 0 saturated carbocycles. The van der Waals surface area contributed by atoms with Crippen molar-refractivity contribution < 1.29 is 19.9 Å². The fraction of sp³-hybridized carbons (Fsp3) is 0.333. The molecule has 0 aromatic heterocycles. The molecule has 1 aromatic carbocycles. The van der Waals surface area contributed by atoms with E-state index in [9.17, 15) is 15.2 Å². The highest BCUT2D eigenvalue weighted by molar-refractivity contribution is 5.51. The Morgan fingerprint density at radius 3 is 2.73 bits per heavy atom. The van der Waals surface area contributed by atoms with Crippen LogP contribution in [0.1, 0.15) is 5.56 Å². The Morgan fingerprint density at radius 2 is 2.20 bits per heavy atom. The molecule has 0 atom stereocenters. The third-order valence-electron chi connectivity index (χ3n) is 1.88. The molecule has 0 aliphatic rings. The molecule has 1 rings (SSSR count). The lowest BCUT2D eigenvalue weighted by molar-refractivity contribution is -0.385. The molecule has 0 spiro atoms. The molecule has 6 nitrogen and oxygen atoms in total. The van der Waals surface area contributed by atoms with Crippen LogP contribution < -0.4 is 4.74 Å². The first-order valence-corrected chi connectivity index (χ1v) is 4.28. The Morgan fingerprint density at radius 1 is 1.53 bits per heavy atom. The molecule has 0 radical (unpaired) electrons. The van der Waals surface area contributed by atoms with Gasteiger partial charge >= 0.3 is 0 Å². The van der Waals surface area contributed by atoms with Gasteiger partial charge in [0.05, 0.1) is 23.7 Å². The van der Waals surface area contributed by atoms with Crippen LogP contribution in [0.2, 0.25) is 0 Å². The van der Waals surface area contributed by atoms with Crippen LogP contribution in [-0.2, 0) is 0 Å². The minimum atomic E-state index is -0.620. The van der Waals surface area contributed by atoms with E-state index in [1.807, 2.05) is 0 Å². The van der Waals surface area contributed by atoms with Gasteiger partial charge in [0.2, 0.25) is 0 Å². The number of nitro benzene ring substituents is 1. The second kappa shape index (κ2) is 4.61. The molecule has 1 aromatic rings. The molecule has 0 unspecified atom stereocenters. The van der Waals surface area contributed by atoms with Crippen molar-refractivity contribution in [3.63, 3.8) is 0 Å². The Hall–Kier alpha value is -1.82. The van der Waals surface area contributed by atoms with Crippen LogP contribution in [-0.4, -0.2) is 28.4 Å². The van der Waals surface area contributed by atoms with E-state index in [0.29, 0.717) is 5.56 Å². The van der Waals surface area contributed by atoms with Gasteiger partial charge in [-0.15, -0.1) is 0 Å². The van der Waals surface area contributed by atoms with Crippen molar-refractivity contribution in [3.05, 3.63) is 27.8 Å². The van der Waals surface area contributed by atoms with Gasteiger partial charge in [-0.05, 0) is 6.92 Å². The summed E-state index contributed by atoms with van der Waals surface area (Å²) in [6, 6.07) is 2.27. The third-order valence-corrected chi connectivity index (χ3v) is 1.88. The number of aliphatic hydroxyl groups is 1. The summed E-state index contributed by atoms with van der Waals surface area (Å²) in [5.74, 6) is 0.00731. The van der Waals surface area contributed by atoms with Crippen molar-refractivity contribution in [2.45, 2.75) is 6.92 Å². The lowest BCUT2D eigenvalue weighted by Crippen LogP contribution is -2.03.